The van der Waals surface area contributed by atoms with E-state index in [0.29, 0.717) is 0 Å². The van der Waals surface area contributed by atoms with Gasteiger partial charge in [0.1, 0.15) is 0 Å². The molecule has 1 aromatic rings. The largest absolute Gasteiger partial charge is 0.392 e. The fourth-order valence-corrected chi connectivity index (χ4v) is 3.28. The second-order valence-corrected chi connectivity index (χ2v) is 5.46. The lowest BCUT2D eigenvalue weighted by Gasteiger charge is -2.30. The van der Waals surface area contributed by atoms with Crippen LogP contribution in [0.15, 0.2) is 18.2 Å². The van der Waals surface area contributed by atoms with Gasteiger partial charge in [0, 0.05) is 19.1 Å². The third-order valence-corrected chi connectivity index (χ3v) is 4.29. The number of nitrogens with zero attached hydrogens (tertiary/aromatic N) is 1. The molecule has 1 saturated carbocycles. The van der Waals surface area contributed by atoms with Crippen molar-refractivity contribution >= 4 is 0 Å². The van der Waals surface area contributed by atoms with Crippen molar-refractivity contribution < 1.29 is 5.11 Å². The summed E-state index contributed by atoms with van der Waals surface area (Å²) < 4.78 is 0. The highest BCUT2D eigenvalue weighted by atomic mass is 16.3. The smallest absolute Gasteiger partial charge is 0.0681 e. The molecule has 0 spiro atoms. The Balaban J connectivity index is 1.73. The summed E-state index contributed by atoms with van der Waals surface area (Å²) in [5, 5.41) is 9.17. The van der Waals surface area contributed by atoms with E-state index in [1.807, 2.05) is 0 Å². The molecular weight excluding hydrogens is 210 g/mol. The fraction of sp³-hybridized carbons (Fsp3) is 0.600. The lowest BCUT2D eigenvalue weighted by molar-refractivity contribution is 0.156. The van der Waals surface area contributed by atoms with E-state index < -0.39 is 0 Å². The van der Waals surface area contributed by atoms with Crippen LogP contribution in [0.25, 0.3) is 0 Å². The number of hydrogen-bond donors (Lipinski definition) is 1. The van der Waals surface area contributed by atoms with E-state index in [4.69, 9.17) is 5.11 Å². The molecule has 2 heteroatoms. The van der Waals surface area contributed by atoms with Crippen molar-refractivity contribution in [2.24, 2.45) is 0 Å². The summed E-state index contributed by atoms with van der Waals surface area (Å²) in [4.78, 5) is 2.63. The van der Waals surface area contributed by atoms with Gasteiger partial charge in [0.05, 0.1) is 6.61 Å². The predicted octanol–water partition coefficient (Wildman–Crippen LogP) is 2.83. The van der Waals surface area contributed by atoms with E-state index in [1.54, 1.807) is 0 Å². The highest BCUT2D eigenvalue weighted by molar-refractivity contribution is 5.34. The number of aliphatic hydroxyl groups excluding tert-OH is 1. The first-order valence-corrected chi connectivity index (χ1v) is 6.82. The molecule has 0 bridgehead atoms. The highest BCUT2D eigenvalue weighted by Crippen LogP contribution is 2.31. The van der Waals surface area contributed by atoms with Crippen molar-refractivity contribution in [3.8, 4) is 0 Å². The van der Waals surface area contributed by atoms with Crippen molar-refractivity contribution in [1.29, 1.82) is 0 Å². The first-order chi connectivity index (χ1) is 8.36. The normalized spacial score (nSPS) is 21.7. The van der Waals surface area contributed by atoms with Crippen molar-refractivity contribution in [3.05, 3.63) is 34.9 Å². The SMILES string of the molecule is OCc1ccc2c(c1)CN(C1CCCCC1)C2. The quantitative estimate of drug-likeness (QED) is 0.846. The predicted molar refractivity (Wildman–Crippen MR) is 68.5 cm³/mol. The average molecular weight is 231 g/mol. The lowest BCUT2D eigenvalue weighted by atomic mass is 9.94. The third-order valence-electron chi connectivity index (χ3n) is 4.29. The minimum absolute atomic E-state index is 0.163. The van der Waals surface area contributed by atoms with Crippen LogP contribution in [0.5, 0.6) is 0 Å². The van der Waals surface area contributed by atoms with Crippen molar-refractivity contribution in [2.45, 2.75) is 57.8 Å². The van der Waals surface area contributed by atoms with Gasteiger partial charge >= 0.3 is 0 Å². The molecule has 17 heavy (non-hydrogen) atoms. The molecule has 1 heterocycles. The molecule has 0 unspecified atom stereocenters. The highest BCUT2D eigenvalue weighted by Gasteiger charge is 2.26. The number of aliphatic hydroxyl groups is 1. The summed E-state index contributed by atoms with van der Waals surface area (Å²) in [7, 11) is 0. The molecule has 1 N–H and O–H groups in total. The second kappa shape index (κ2) is 4.79. The third kappa shape index (κ3) is 2.24. The van der Waals surface area contributed by atoms with E-state index in [0.717, 1.165) is 24.7 Å². The summed E-state index contributed by atoms with van der Waals surface area (Å²) in [5.41, 5.74) is 3.95. The van der Waals surface area contributed by atoms with Crippen molar-refractivity contribution in [1.82, 2.24) is 4.90 Å². The molecule has 2 aliphatic rings. The van der Waals surface area contributed by atoms with Gasteiger partial charge in [0.25, 0.3) is 0 Å². The van der Waals surface area contributed by atoms with Crippen LogP contribution in [0.3, 0.4) is 0 Å². The number of fused-ring (bicyclic) bond motifs is 1. The van der Waals surface area contributed by atoms with E-state index in [1.165, 1.54) is 43.2 Å². The van der Waals surface area contributed by atoms with Crippen LogP contribution in [-0.4, -0.2) is 16.0 Å². The molecule has 92 valence electrons. The van der Waals surface area contributed by atoms with Gasteiger partial charge in [-0.3, -0.25) is 4.90 Å². The Hall–Kier alpha value is -0.860. The van der Waals surface area contributed by atoms with Gasteiger partial charge < -0.3 is 5.11 Å². The van der Waals surface area contributed by atoms with Gasteiger partial charge in [0.2, 0.25) is 0 Å². The first kappa shape index (κ1) is 11.2. The lowest BCUT2D eigenvalue weighted by Crippen LogP contribution is -2.32. The molecule has 2 nitrogen and oxygen atoms in total. The topological polar surface area (TPSA) is 23.5 Å². The molecule has 1 aliphatic heterocycles. The maximum atomic E-state index is 9.17. The maximum Gasteiger partial charge on any atom is 0.0681 e. The Morgan fingerprint density at radius 1 is 1.06 bits per heavy atom. The standard InChI is InChI=1S/C15H21NO/c17-11-12-6-7-13-9-16(10-14(13)8-12)15-4-2-1-3-5-15/h6-8,15,17H,1-5,9-11H2. The van der Waals surface area contributed by atoms with Crippen LogP contribution >= 0.6 is 0 Å². The Morgan fingerprint density at radius 3 is 2.59 bits per heavy atom. The molecule has 0 aromatic heterocycles. The first-order valence-electron chi connectivity index (χ1n) is 6.82. The zero-order valence-electron chi connectivity index (χ0n) is 10.4. The Labute approximate surface area is 103 Å². The van der Waals surface area contributed by atoms with E-state index in [9.17, 15) is 0 Å². The van der Waals surface area contributed by atoms with Gasteiger partial charge in [-0.15, -0.1) is 0 Å². The van der Waals surface area contributed by atoms with Gasteiger partial charge in [-0.25, -0.2) is 0 Å². The minimum Gasteiger partial charge on any atom is -0.392 e. The Morgan fingerprint density at radius 2 is 1.82 bits per heavy atom. The van der Waals surface area contributed by atoms with Gasteiger partial charge in [-0.05, 0) is 29.5 Å². The van der Waals surface area contributed by atoms with E-state index in [-0.39, 0.29) is 6.61 Å². The maximum absolute atomic E-state index is 9.17. The molecule has 0 radical (unpaired) electrons. The van der Waals surface area contributed by atoms with Gasteiger partial charge in [0.15, 0.2) is 0 Å². The van der Waals surface area contributed by atoms with Crippen molar-refractivity contribution in [2.75, 3.05) is 0 Å². The number of benzene rings is 1. The Bertz CT molecular complexity index is 396. The molecule has 1 aromatic carbocycles. The van der Waals surface area contributed by atoms with Gasteiger partial charge in [-0.2, -0.15) is 0 Å². The summed E-state index contributed by atoms with van der Waals surface area (Å²) in [6, 6.07) is 7.24. The molecule has 1 fully saturated rings. The molecule has 0 saturated heterocycles. The van der Waals surface area contributed by atoms with Crippen molar-refractivity contribution in [3.63, 3.8) is 0 Å². The zero-order valence-corrected chi connectivity index (χ0v) is 10.4. The van der Waals surface area contributed by atoms with E-state index in [2.05, 4.69) is 23.1 Å². The van der Waals surface area contributed by atoms with E-state index >= 15 is 0 Å². The molecule has 1 aliphatic carbocycles. The molecular formula is C15H21NO. The van der Waals surface area contributed by atoms with Crippen LogP contribution in [0.4, 0.5) is 0 Å². The number of rotatable bonds is 2. The summed E-state index contributed by atoms with van der Waals surface area (Å²) >= 11 is 0. The summed E-state index contributed by atoms with van der Waals surface area (Å²) in [5.74, 6) is 0. The van der Waals surface area contributed by atoms with Crippen LogP contribution < -0.4 is 0 Å². The Kier molecular flexibility index (Phi) is 3.17. The second-order valence-electron chi connectivity index (χ2n) is 5.46. The molecule has 0 amide bonds. The number of hydrogen-bond acceptors (Lipinski definition) is 2. The van der Waals surface area contributed by atoms with Crippen LogP contribution in [0.1, 0.15) is 48.8 Å². The van der Waals surface area contributed by atoms with Gasteiger partial charge in [-0.1, -0.05) is 37.5 Å². The van der Waals surface area contributed by atoms with Crippen LogP contribution in [0.2, 0.25) is 0 Å². The molecule has 0 atom stereocenters. The minimum atomic E-state index is 0.163. The average Bonchev–Trinajstić information content (AvgIpc) is 2.82. The van der Waals surface area contributed by atoms with Crippen LogP contribution in [0, 0.1) is 0 Å². The fourth-order valence-electron chi connectivity index (χ4n) is 3.28. The monoisotopic (exact) mass is 231 g/mol. The molecule has 3 rings (SSSR count). The zero-order chi connectivity index (χ0) is 11.7. The van der Waals surface area contributed by atoms with Crippen LogP contribution in [-0.2, 0) is 19.7 Å². The summed E-state index contributed by atoms with van der Waals surface area (Å²) in [6.45, 7) is 2.37. The summed E-state index contributed by atoms with van der Waals surface area (Å²) in [6.07, 6.45) is 6.98.